The first-order valence-electron chi connectivity index (χ1n) is 4.99. The van der Waals surface area contributed by atoms with Crippen LogP contribution in [0.4, 0.5) is 0 Å². The van der Waals surface area contributed by atoms with Gasteiger partial charge in [-0.25, -0.2) is 9.97 Å². The van der Waals surface area contributed by atoms with Crippen molar-refractivity contribution in [3.63, 3.8) is 0 Å². The van der Waals surface area contributed by atoms with Crippen molar-refractivity contribution in [1.82, 2.24) is 19.9 Å². The summed E-state index contributed by atoms with van der Waals surface area (Å²) in [6, 6.07) is 0. The molecule has 0 unspecified atom stereocenters. The van der Waals surface area contributed by atoms with E-state index in [1.54, 1.807) is 12.7 Å². The third-order valence-electron chi connectivity index (χ3n) is 2.34. The van der Waals surface area contributed by atoms with E-state index in [1.165, 1.54) is 0 Å². The van der Waals surface area contributed by atoms with Crippen molar-refractivity contribution >= 4 is 21.6 Å². The van der Waals surface area contributed by atoms with Crippen LogP contribution in [0.25, 0.3) is 0 Å². The van der Waals surface area contributed by atoms with Gasteiger partial charge in [0.15, 0.2) is 0 Å². The van der Waals surface area contributed by atoms with Gasteiger partial charge in [-0.3, -0.25) is 0 Å². The molecule has 2 aromatic rings. The number of aryl methyl sites for hydroxylation is 2. The Balaban J connectivity index is 1.74. The fourth-order valence-electron chi connectivity index (χ4n) is 1.26. The molecular weight excluding hydrogens is 240 g/mol. The second-order valence-electron chi connectivity index (χ2n) is 3.47. The molecule has 0 bridgehead atoms. The van der Waals surface area contributed by atoms with E-state index >= 15 is 0 Å². The van der Waals surface area contributed by atoms with Crippen LogP contribution in [0, 0.1) is 13.8 Å². The summed E-state index contributed by atoms with van der Waals surface area (Å²) in [6.07, 6.45) is 3.49. The number of nitrogens with zero attached hydrogens (tertiary/aromatic N) is 2. The number of H-pyrrole nitrogens is 2. The summed E-state index contributed by atoms with van der Waals surface area (Å²) in [5.74, 6) is 1.87. The Labute approximate surface area is 102 Å². The normalized spacial score (nSPS) is 10.9. The van der Waals surface area contributed by atoms with Crippen molar-refractivity contribution in [2.24, 2.45) is 0 Å². The lowest BCUT2D eigenvalue weighted by atomic mass is 10.4. The average Bonchev–Trinajstić information content (AvgIpc) is 2.84. The lowest BCUT2D eigenvalue weighted by Crippen LogP contribution is -1.85. The van der Waals surface area contributed by atoms with Gasteiger partial charge in [-0.15, -0.1) is 0 Å². The van der Waals surface area contributed by atoms with E-state index in [9.17, 15) is 0 Å². The predicted octanol–water partition coefficient (Wildman–Crippen LogP) is 2.83. The zero-order chi connectivity index (χ0) is 11.4. The topological polar surface area (TPSA) is 57.4 Å². The van der Waals surface area contributed by atoms with Gasteiger partial charge in [0.2, 0.25) is 0 Å². The summed E-state index contributed by atoms with van der Waals surface area (Å²) in [4.78, 5) is 14.7. The van der Waals surface area contributed by atoms with Gasteiger partial charge >= 0.3 is 0 Å². The summed E-state index contributed by atoms with van der Waals surface area (Å²) in [7, 11) is 3.62. The van der Waals surface area contributed by atoms with Crippen LogP contribution >= 0.6 is 21.6 Å². The SMILES string of the molecule is Cc1[nH]cnc1CSSCc1nc[nH]c1C. The molecule has 0 aromatic carbocycles. The quantitative estimate of drug-likeness (QED) is 0.636. The van der Waals surface area contributed by atoms with E-state index in [0.717, 1.165) is 34.3 Å². The molecule has 0 fully saturated rings. The molecule has 2 rings (SSSR count). The predicted molar refractivity (Wildman–Crippen MR) is 69.2 cm³/mol. The monoisotopic (exact) mass is 254 g/mol. The Kier molecular flexibility index (Phi) is 3.95. The maximum Gasteiger partial charge on any atom is 0.0925 e. The molecule has 0 aliphatic heterocycles. The van der Waals surface area contributed by atoms with Gasteiger partial charge < -0.3 is 9.97 Å². The maximum absolute atomic E-state index is 4.26. The van der Waals surface area contributed by atoms with E-state index < -0.39 is 0 Å². The van der Waals surface area contributed by atoms with Crippen LogP contribution in [0.1, 0.15) is 22.8 Å². The molecule has 0 saturated carbocycles. The lowest BCUT2D eigenvalue weighted by Gasteiger charge is -1.99. The molecule has 2 aromatic heterocycles. The molecule has 86 valence electrons. The van der Waals surface area contributed by atoms with E-state index in [4.69, 9.17) is 0 Å². The third-order valence-corrected chi connectivity index (χ3v) is 4.50. The minimum atomic E-state index is 0.934. The molecule has 0 amide bonds. The zero-order valence-corrected chi connectivity index (χ0v) is 10.9. The van der Waals surface area contributed by atoms with Gasteiger partial charge in [0.1, 0.15) is 0 Å². The number of imidazole rings is 2. The molecule has 0 radical (unpaired) electrons. The van der Waals surface area contributed by atoms with Crippen molar-refractivity contribution in [2.75, 3.05) is 0 Å². The van der Waals surface area contributed by atoms with Gasteiger partial charge in [0.25, 0.3) is 0 Å². The molecule has 16 heavy (non-hydrogen) atoms. The van der Waals surface area contributed by atoms with Crippen LogP contribution < -0.4 is 0 Å². The van der Waals surface area contributed by atoms with Crippen molar-refractivity contribution < 1.29 is 0 Å². The maximum atomic E-state index is 4.26. The highest BCUT2D eigenvalue weighted by atomic mass is 33.1. The van der Waals surface area contributed by atoms with Gasteiger partial charge in [-0.05, 0) is 13.8 Å². The van der Waals surface area contributed by atoms with Crippen LogP contribution in [-0.2, 0) is 11.5 Å². The minimum Gasteiger partial charge on any atom is -0.348 e. The molecule has 0 aliphatic carbocycles. The van der Waals surface area contributed by atoms with Crippen molar-refractivity contribution in [1.29, 1.82) is 0 Å². The Morgan fingerprint density at radius 3 is 1.69 bits per heavy atom. The number of nitrogens with one attached hydrogen (secondary N) is 2. The fraction of sp³-hybridized carbons (Fsp3) is 0.400. The highest BCUT2D eigenvalue weighted by Crippen LogP contribution is 2.29. The average molecular weight is 254 g/mol. The number of rotatable bonds is 5. The van der Waals surface area contributed by atoms with Crippen LogP contribution in [0.15, 0.2) is 12.7 Å². The molecule has 2 heterocycles. The molecular formula is C10H14N4S2. The first-order chi connectivity index (χ1) is 7.77. The van der Waals surface area contributed by atoms with E-state index in [0.29, 0.717) is 0 Å². The van der Waals surface area contributed by atoms with E-state index in [2.05, 4.69) is 19.9 Å². The third kappa shape index (κ3) is 2.82. The molecule has 2 N–H and O–H groups in total. The first-order valence-corrected chi connectivity index (χ1v) is 7.48. The molecule has 0 atom stereocenters. The first kappa shape index (κ1) is 11.6. The Morgan fingerprint density at radius 1 is 0.938 bits per heavy atom. The van der Waals surface area contributed by atoms with Crippen molar-refractivity contribution in [2.45, 2.75) is 25.4 Å². The van der Waals surface area contributed by atoms with E-state index in [1.807, 2.05) is 35.4 Å². The zero-order valence-electron chi connectivity index (χ0n) is 9.28. The van der Waals surface area contributed by atoms with Crippen LogP contribution in [0.2, 0.25) is 0 Å². The number of aromatic amines is 2. The lowest BCUT2D eigenvalue weighted by molar-refractivity contribution is 1.19. The molecule has 6 heteroatoms. The number of hydrogen-bond acceptors (Lipinski definition) is 4. The van der Waals surface area contributed by atoms with Crippen molar-refractivity contribution in [3.8, 4) is 0 Å². The highest BCUT2D eigenvalue weighted by Gasteiger charge is 2.03. The number of hydrogen-bond donors (Lipinski definition) is 2. The largest absolute Gasteiger partial charge is 0.348 e. The minimum absolute atomic E-state index is 0.934. The summed E-state index contributed by atoms with van der Waals surface area (Å²) in [5.41, 5.74) is 4.58. The van der Waals surface area contributed by atoms with Crippen LogP contribution in [-0.4, -0.2) is 19.9 Å². The smallest absolute Gasteiger partial charge is 0.0925 e. The Morgan fingerprint density at radius 2 is 1.38 bits per heavy atom. The second-order valence-corrected chi connectivity index (χ2v) is 5.94. The fourth-order valence-corrected chi connectivity index (χ4v) is 3.40. The van der Waals surface area contributed by atoms with Crippen LogP contribution in [0.5, 0.6) is 0 Å². The van der Waals surface area contributed by atoms with Crippen molar-refractivity contribution in [3.05, 3.63) is 35.4 Å². The standard InChI is InChI=1S/C10H14N4S2/c1-7-9(13-5-11-7)3-15-16-4-10-8(2)12-6-14-10/h5-6H,3-4H2,1-2H3,(H,11,13)(H,12,14). The molecule has 0 saturated heterocycles. The van der Waals surface area contributed by atoms with Gasteiger partial charge in [0.05, 0.1) is 24.0 Å². The second kappa shape index (κ2) is 5.45. The summed E-state index contributed by atoms with van der Waals surface area (Å²) in [5, 5.41) is 0. The summed E-state index contributed by atoms with van der Waals surface area (Å²) >= 11 is 0. The Bertz CT molecular complexity index is 407. The summed E-state index contributed by atoms with van der Waals surface area (Å²) in [6.45, 7) is 4.09. The van der Waals surface area contributed by atoms with Crippen LogP contribution in [0.3, 0.4) is 0 Å². The van der Waals surface area contributed by atoms with E-state index in [-0.39, 0.29) is 0 Å². The molecule has 0 aliphatic rings. The number of aromatic nitrogens is 4. The molecule has 4 nitrogen and oxygen atoms in total. The molecule has 0 spiro atoms. The van der Waals surface area contributed by atoms with Gasteiger partial charge in [-0.1, -0.05) is 21.6 Å². The van der Waals surface area contributed by atoms with Gasteiger partial charge in [-0.2, -0.15) is 0 Å². The highest BCUT2D eigenvalue weighted by molar-refractivity contribution is 8.76. The van der Waals surface area contributed by atoms with Gasteiger partial charge in [0, 0.05) is 22.9 Å². The Hall–Kier alpha value is -0.880. The summed E-state index contributed by atoms with van der Waals surface area (Å²) < 4.78 is 0.